The number of anilines is 1. The summed E-state index contributed by atoms with van der Waals surface area (Å²) >= 11 is 11.9. The SMILES string of the molecule is O=C(Nc1cccc(C(F)(F)F)c1)[C@@H](Cc1ccccc1)NS(=O)(=O)c1cc(Cl)ccc1Cl. The van der Waals surface area contributed by atoms with Gasteiger partial charge in [0.1, 0.15) is 10.9 Å². The van der Waals surface area contributed by atoms with Gasteiger partial charge >= 0.3 is 6.18 Å². The molecule has 0 fully saturated rings. The fraction of sp³-hybridized carbons (Fsp3) is 0.136. The molecule has 174 valence electrons. The van der Waals surface area contributed by atoms with Crippen molar-refractivity contribution >= 4 is 44.8 Å². The first-order chi connectivity index (χ1) is 15.5. The Morgan fingerprint density at radius 2 is 1.64 bits per heavy atom. The molecule has 0 aliphatic carbocycles. The minimum absolute atomic E-state index is 0.0664. The maximum absolute atomic E-state index is 13.0. The molecule has 0 saturated heterocycles. The summed E-state index contributed by atoms with van der Waals surface area (Å²) in [7, 11) is -4.31. The summed E-state index contributed by atoms with van der Waals surface area (Å²) in [6.07, 6.45) is -4.67. The van der Waals surface area contributed by atoms with E-state index in [1.807, 2.05) is 0 Å². The molecule has 0 aliphatic heterocycles. The Morgan fingerprint density at radius 3 is 2.30 bits per heavy atom. The van der Waals surface area contributed by atoms with Gasteiger partial charge in [-0.05, 0) is 48.4 Å². The number of halogens is 5. The largest absolute Gasteiger partial charge is 0.416 e. The molecular formula is C22H17Cl2F3N2O3S. The normalized spacial score (nSPS) is 12.9. The Labute approximate surface area is 198 Å². The molecule has 0 unspecified atom stereocenters. The number of sulfonamides is 1. The number of amides is 1. The van der Waals surface area contributed by atoms with Gasteiger partial charge in [-0.15, -0.1) is 0 Å². The van der Waals surface area contributed by atoms with E-state index in [0.717, 1.165) is 24.3 Å². The molecule has 0 aromatic heterocycles. The van der Waals surface area contributed by atoms with Gasteiger partial charge in [-0.2, -0.15) is 17.9 Å². The van der Waals surface area contributed by atoms with Crippen LogP contribution in [0.3, 0.4) is 0 Å². The van der Waals surface area contributed by atoms with Crippen molar-refractivity contribution in [2.75, 3.05) is 5.32 Å². The van der Waals surface area contributed by atoms with Crippen molar-refractivity contribution in [1.82, 2.24) is 4.72 Å². The Morgan fingerprint density at radius 1 is 0.939 bits per heavy atom. The van der Waals surface area contributed by atoms with E-state index in [-0.39, 0.29) is 27.0 Å². The van der Waals surface area contributed by atoms with Crippen LogP contribution in [0.4, 0.5) is 18.9 Å². The highest BCUT2D eigenvalue weighted by Gasteiger charge is 2.31. The highest BCUT2D eigenvalue weighted by molar-refractivity contribution is 7.89. The van der Waals surface area contributed by atoms with Crippen molar-refractivity contribution in [3.8, 4) is 0 Å². The molecule has 33 heavy (non-hydrogen) atoms. The molecule has 2 N–H and O–H groups in total. The minimum atomic E-state index is -4.60. The van der Waals surface area contributed by atoms with Gasteiger partial charge in [0.2, 0.25) is 15.9 Å². The second kappa shape index (κ2) is 10.1. The van der Waals surface area contributed by atoms with Crippen LogP contribution >= 0.6 is 23.2 Å². The second-order valence-corrected chi connectivity index (χ2v) is 9.53. The van der Waals surface area contributed by atoms with E-state index in [0.29, 0.717) is 5.56 Å². The van der Waals surface area contributed by atoms with Gasteiger partial charge in [-0.3, -0.25) is 4.79 Å². The molecule has 3 aromatic rings. The molecule has 0 heterocycles. The van der Waals surface area contributed by atoms with Crippen LogP contribution in [0.25, 0.3) is 0 Å². The standard InChI is InChI=1S/C22H17Cl2F3N2O3S/c23-16-9-10-18(24)20(13-16)33(31,32)29-19(11-14-5-2-1-3-6-14)21(30)28-17-8-4-7-15(12-17)22(25,26)27/h1-10,12-13,19,29H,11H2,(H,28,30)/t19-/m1/s1. The first kappa shape index (κ1) is 25.0. The molecule has 11 heteroatoms. The topological polar surface area (TPSA) is 75.3 Å². The van der Waals surface area contributed by atoms with Crippen molar-refractivity contribution < 1.29 is 26.4 Å². The Hall–Kier alpha value is -2.59. The highest BCUT2D eigenvalue weighted by atomic mass is 35.5. The number of benzene rings is 3. The first-order valence-corrected chi connectivity index (χ1v) is 11.7. The molecule has 5 nitrogen and oxygen atoms in total. The van der Waals surface area contributed by atoms with E-state index in [4.69, 9.17) is 23.2 Å². The van der Waals surface area contributed by atoms with Crippen LogP contribution in [0.2, 0.25) is 10.0 Å². The van der Waals surface area contributed by atoms with Crippen LogP contribution in [0.15, 0.2) is 77.7 Å². The third-order valence-electron chi connectivity index (χ3n) is 4.54. The summed E-state index contributed by atoms with van der Waals surface area (Å²) in [4.78, 5) is 12.6. The van der Waals surface area contributed by atoms with E-state index in [9.17, 15) is 26.4 Å². The smallest absolute Gasteiger partial charge is 0.325 e. The highest BCUT2D eigenvalue weighted by Crippen LogP contribution is 2.31. The van der Waals surface area contributed by atoms with E-state index < -0.39 is 33.7 Å². The van der Waals surface area contributed by atoms with Crippen molar-refractivity contribution in [2.45, 2.75) is 23.5 Å². The third-order valence-corrected chi connectivity index (χ3v) is 6.73. The maximum Gasteiger partial charge on any atom is 0.416 e. The third kappa shape index (κ3) is 6.70. The van der Waals surface area contributed by atoms with Crippen LogP contribution in [-0.2, 0) is 27.4 Å². The van der Waals surface area contributed by atoms with Gasteiger partial charge in [0.05, 0.1) is 10.6 Å². The number of nitrogens with one attached hydrogen (secondary N) is 2. The van der Waals surface area contributed by atoms with Crippen LogP contribution in [0.1, 0.15) is 11.1 Å². The molecule has 1 atom stereocenters. The van der Waals surface area contributed by atoms with Crippen LogP contribution < -0.4 is 10.0 Å². The Kier molecular flexibility index (Phi) is 7.69. The van der Waals surface area contributed by atoms with Crippen molar-refractivity contribution in [1.29, 1.82) is 0 Å². The maximum atomic E-state index is 13.0. The lowest BCUT2D eigenvalue weighted by molar-refractivity contribution is -0.137. The molecular weight excluding hydrogens is 500 g/mol. The number of carbonyl (C=O) groups is 1. The van der Waals surface area contributed by atoms with Gasteiger partial charge in [-0.25, -0.2) is 8.42 Å². The quantitative estimate of drug-likeness (QED) is 0.432. The molecule has 0 bridgehead atoms. The van der Waals surface area contributed by atoms with Crippen molar-refractivity contribution in [3.63, 3.8) is 0 Å². The summed E-state index contributed by atoms with van der Waals surface area (Å²) in [6.45, 7) is 0. The van der Waals surface area contributed by atoms with Crippen LogP contribution in [0.5, 0.6) is 0 Å². The Balaban J connectivity index is 1.91. The van der Waals surface area contributed by atoms with E-state index in [1.165, 1.54) is 18.2 Å². The fourth-order valence-corrected chi connectivity index (χ4v) is 4.93. The number of alkyl halides is 3. The summed E-state index contributed by atoms with van der Waals surface area (Å²) < 4.78 is 67.2. The van der Waals surface area contributed by atoms with Crippen molar-refractivity contribution in [3.05, 3.63) is 94.0 Å². The second-order valence-electron chi connectivity index (χ2n) is 7.01. The van der Waals surface area contributed by atoms with Gasteiger partial charge in [0, 0.05) is 10.7 Å². The van der Waals surface area contributed by atoms with Crippen molar-refractivity contribution in [2.24, 2.45) is 0 Å². The lowest BCUT2D eigenvalue weighted by Gasteiger charge is -2.20. The fourth-order valence-electron chi connectivity index (χ4n) is 2.97. The number of hydrogen-bond donors (Lipinski definition) is 2. The summed E-state index contributed by atoms with van der Waals surface area (Å²) in [6, 6.07) is 15.1. The van der Waals surface area contributed by atoms with Gasteiger partial charge in [-0.1, -0.05) is 59.6 Å². The molecule has 0 saturated carbocycles. The summed E-state index contributed by atoms with van der Waals surface area (Å²) in [5.41, 5.74) is -0.458. The summed E-state index contributed by atoms with van der Waals surface area (Å²) in [5.74, 6) is -0.847. The van der Waals surface area contributed by atoms with Crippen LogP contribution in [0, 0.1) is 0 Å². The number of rotatable bonds is 7. The molecule has 3 rings (SSSR count). The number of carbonyl (C=O) groups excluding carboxylic acids is 1. The molecule has 0 spiro atoms. The molecule has 3 aromatic carbocycles. The van der Waals surface area contributed by atoms with Gasteiger partial charge < -0.3 is 5.32 Å². The first-order valence-electron chi connectivity index (χ1n) is 9.45. The lowest BCUT2D eigenvalue weighted by Crippen LogP contribution is -2.45. The molecule has 1 amide bonds. The molecule has 0 aliphatic rings. The Bertz CT molecular complexity index is 1250. The average Bonchev–Trinajstić information content (AvgIpc) is 2.75. The van der Waals surface area contributed by atoms with E-state index in [1.54, 1.807) is 30.3 Å². The minimum Gasteiger partial charge on any atom is -0.325 e. The zero-order valence-electron chi connectivity index (χ0n) is 16.7. The monoisotopic (exact) mass is 516 g/mol. The summed E-state index contributed by atoms with van der Waals surface area (Å²) in [5, 5.41) is 2.36. The van der Waals surface area contributed by atoms with Gasteiger partial charge in [0.15, 0.2) is 0 Å². The predicted octanol–water partition coefficient (Wildman–Crippen LogP) is 5.54. The van der Waals surface area contributed by atoms with Gasteiger partial charge in [0.25, 0.3) is 0 Å². The van der Waals surface area contributed by atoms with E-state index >= 15 is 0 Å². The van der Waals surface area contributed by atoms with E-state index in [2.05, 4.69) is 10.0 Å². The average molecular weight is 517 g/mol. The lowest BCUT2D eigenvalue weighted by atomic mass is 10.1. The number of hydrogen-bond acceptors (Lipinski definition) is 3. The van der Waals surface area contributed by atoms with Crippen LogP contribution in [-0.4, -0.2) is 20.4 Å². The predicted molar refractivity (Wildman–Crippen MR) is 121 cm³/mol. The zero-order chi connectivity index (χ0) is 24.2. The molecule has 0 radical (unpaired) electrons. The zero-order valence-corrected chi connectivity index (χ0v) is 19.1.